The first-order valence-corrected chi connectivity index (χ1v) is 10.3. The molecule has 2 aromatic carbocycles. The normalized spacial score (nSPS) is 12.2. The molecule has 0 unspecified atom stereocenters. The molecule has 3 aromatic rings. The number of benzene rings is 2. The molecule has 0 saturated heterocycles. The lowest BCUT2D eigenvalue weighted by atomic mass is 10.0. The molecule has 0 spiro atoms. The molecule has 0 amide bonds. The van der Waals surface area contributed by atoms with Crippen LogP contribution in [0.2, 0.25) is 0 Å². The summed E-state index contributed by atoms with van der Waals surface area (Å²) in [5, 5.41) is 2.59. The van der Waals surface area contributed by atoms with Crippen molar-refractivity contribution < 1.29 is 13.6 Å². The quantitative estimate of drug-likeness (QED) is 0.533. The van der Waals surface area contributed by atoms with E-state index in [1.54, 1.807) is 6.20 Å². The largest absolute Gasteiger partial charge is 0.362 e. The second-order valence-electron chi connectivity index (χ2n) is 6.74. The Bertz CT molecular complexity index is 924. The number of hydrogen-bond acceptors (Lipinski definition) is 4. The van der Waals surface area contributed by atoms with Gasteiger partial charge in [0.2, 0.25) is 0 Å². The lowest BCUT2D eigenvalue weighted by molar-refractivity contribution is 0.150. The highest BCUT2D eigenvalue weighted by molar-refractivity contribution is 7.62. The highest BCUT2D eigenvalue weighted by Crippen LogP contribution is 2.51. The van der Waals surface area contributed by atoms with Crippen molar-refractivity contribution in [3.63, 3.8) is 0 Å². The van der Waals surface area contributed by atoms with Crippen LogP contribution in [0.15, 0.2) is 60.8 Å². The van der Waals surface area contributed by atoms with E-state index in [1.807, 2.05) is 82.3 Å². The fourth-order valence-electron chi connectivity index (χ4n) is 2.88. The third-order valence-corrected chi connectivity index (χ3v) is 6.16. The van der Waals surface area contributed by atoms with Crippen molar-refractivity contribution in [3.8, 4) is 11.3 Å². The Kier molecular flexibility index (Phi) is 5.57. The molecule has 26 heavy (non-hydrogen) atoms. The van der Waals surface area contributed by atoms with Crippen LogP contribution >= 0.6 is 7.60 Å². The van der Waals surface area contributed by atoms with Crippen molar-refractivity contribution in [1.29, 1.82) is 0 Å². The zero-order valence-corrected chi connectivity index (χ0v) is 16.4. The van der Waals surface area contributed by atoms with Gasteiger partial charge in [-0.15, -0.1) is 0 Å². The van der Waals surface area contributed by atoms with Crippen LogP contribution < -0.4 is 5.30 Å². The van der Waals surface area contributed by atoms with E-state index in [1.165, 1.54) is 0 Å². The van der Waals surface area contributed by atoms with Gasteiger partial charge in [-0.05, 0) is 62.7 Å². The maximum absolute atomic E-state index is 13.8. The Morgan fingerprint density at radius 3 is 1.96 bits per heavy atom. The van der Waals surface area contributed by atoms with Crippen LogP contribution in [-0.2, 0) is 13.6 Å². The number of pyridine rings is 1. The molecule has 0 aliphatic heterocycles. The van der Waals surface area contributed by atoms with Gasteiger partial charge in [-0.1, -0.05) is 30.3 Å². The standard InChI is InChI=1S/C21H24NO3P/c1-15(2)24-26(23,25-16(3)4)21-14-18-10-6-5-9-17(18)13-19(21)20-11-7-8-12-22-20/h5-16H,1-4H3. The van der Waals surface area contributed by atoms with Gasteiger partial charge in [0.15, 0.2) is 0 Å². The molecule has 0 aliphatic carbocycles. The predicted molar refractivity (Wildman–Crippen MR) is 107 cm³/mol. The van der Waals surface area contributed by atoms with Crippen LogP contribution in [0.1, 0.15) is 27.7 Å². The molecule has 0 bridgehead atoms. The summed E-state index contributed by atoms with van der Waals surface area (Å²) < 4.78 is 25.5. The van der Waals surface area contributed by atoms with E-state index in [0.29, 0.717) is 5.30 Å². The van der Waals surface area contributed by atoms with E-state index >= 15 is 0 Å². The van der Waals surface area contributed by atoms with E-state index in [-0.39, 0.29) is 12.2 Å². The monoisotopic (exact) mass is 369 g/mol. The van der Waals surface area contributed by atoms with Crippen molar-refractivity contribution in [1.82, 2.24) is 4.98 Å². The Hall–Kier alpha value is -2.00. The summed E-state index contributed by atoms with van der Waals surface area (Å²) in [7, 11) is -3.53. The van der Waals surface area contributed by atoms with Gasteiger partial charge >= 0.3 is 7.60 Å². The second kappa shape index (κ2) is 7.71. The van der Waals surface area contributed by atoms with Crippen LogP contribution in [-0.4, -0.2) is 17.2 Å². The molecule has 136 valence electrons. The summed E-state index contributed by atoms with van der Waals surface area (Å²) in [6.07, 6.45) is 1.26. The van der Waals surface area contributed by atoms with E-state index in [4.69, 9.17) is 9.05 Å². The van der Waals surface area contributed by atoms with Gasteiger partial charge in [-0.3, -0.25) is 9.55 Å². The van der Waals surface area contributed by atoms with Crippen molar-refractivity contribution in [2.75, 3.05) is 0 Å². The first kappa shape index (κ1) is 18.8. The summed E-state index contributed by atoms with van der Waals surface area (Å²) in [6, 6.07) is 17.6. The lowest BCUT2D eigenvalue weighted by Gasteiger charge is -2.25. The van der Waals surface area contributed by atoms with E-state index < -0.39 is 7.60 Å². The van der Waals surface area contributed by atoms with E-state index in [0.717, 1.165) is 22.0 Å². The number of hydrogen-bond donors (Lipinski definition) is 0. The molecule has 1 aromatic heterocycles. The zero-order chi connectivity index (χ0) is 18.7. The maximum Gasteiger partial charge on any atom is 0.362 e. The summed E-state index contributed by atoms with van der Waals surface area (Å²) >= 11 is 0. The molecule has 0 aliphatic rings. The van der Waals surface area contributed by atoms with Crippen molar-refractivity contribution >= 4 is 23.7 Å². The van der Waals surface area contributed by atoms with Gasteiger partial charge in [0.05, 0.1) is 23.2 Å². The zero-order valence-electron chi connectivity index (χ0n) is 15.5. The van der Waals surface area contributed by atoms with Gasteiger partial charge < -0.3 is 9.05 Å². The molecule has 4 nitrogen and oxygen atoms in total. The Morgan fingerprint density at radius 2 is 1.42 bits per heavy atom. The average Bonchev–Trinajstić information content (AvgIpc) is 2.60. The minimum Gasteiger partial charge on any atom is -0.302 e. The summed E-state index contributed by atoms with van der Waals surface area (Å²) in [5.41, 5.74) is 1.52. The molecule has 3 rings (SSSR count). The summed E-state index contributed by atoms with van der Waals surface area (Å²) in [6.45, 7) is 7.44. The van der Waals surface area contributed by atoms with Gasteiger partial charge in [-0.25, -0.2) is 0 Å². The summed E-state index contributed by atoms with van der Waals surface area (Å²) in [5.74, 6) is 0. The lowest BCUT2D eigenvalue weighted by Crippen LogP contribution is -2.19. The molecule has 0 fully saturated rings. The van der Waals surface area contributed by atoms with Crippen LogP contribution in [0.5, 0.6) is 0 Å². The third kappa shape index (κ3) is 4.04. The predicted octanol–water partition coefficient (Wildman–Crippen LogP) is 5.57. The topological polar surface area (TPSA) is 48.4 Å². The summed E-state index contributed by atoms with van der Waals surface area (Å²) in [4.78, 5) is 4.46. The fourth-order valence-corrected chi connectivity index (χ4v) is 5.03. The van der Waals surface area contributed by atoms with Gasteiger partial charge in [0.25, 0.3) is 0 Å². The first-order chi connectivity index (χ1) is 12.4. The van der Waals surface area contributed by atoms with Gasteiger partial charge in [0.1, 0.15) is 0 Å². The second-order valence-corrected chi connectivity index (χ2v) is 8.64. The van der Waals surface area contributed by atoms with Crippen molar-refractivity contribution in [2.24, 2.45) is 0 Å². The maximum atomic E-state index is 13.8. The first-order valence-electron chi connectivity index (χ1n) is 8.80. The fraction of sp³-hybridized carbons (Fsp3) is 0.286. The molecule has 1 heterocycles. The van der Waals surface area contributed by atoms with E-state index in [2.05, 4.69) is 4.98 Å². The Balaban J connectivity index is 2.29. The van der Waals surface area contributed by atoms with E-state index in [9.17, 15) is 4.57 Å². The number of nitrogens with zero attached hydrogens (tertiary/aromatic N) is 1. The van der Waals surface area contributed by atoms with Gasteiger partial charge in [0, 0.05) is 11.8 Å². The van der Waals surface area contributed by atoms with Crippen LogP contribution in [0, 0.1) is 0 Å². The molecule has 0 atom stereocenters. The van der Waals surface area contributed by atoms with Crippen LogP contribution in [0.3, 0.4) is 0 Å². The van der Waals surface area contributed by atoms with Crippen LogP contribution in [0.4, 0.5) is 0 Å². The van der Waals surface area contributed by atoms with Crippen LogP contribution in [0.25, 0.3) is 22.0 Å². The minimum atomic E-state index is -3.53. The highest BCUT2D eigenvalue weighted by Gasteiger charge is 2.33. The average molecular weight is 369 g/mol. The smallest absolute Gasteiger partial charge is 0.302 e. The Labute approximate surface area is 154 Å². The number of fused-ring (bicyclic) bond motifs is 1. The molecule has 0 radical (unpaired) electrons. The van der Waals surface area contributed by atoms with Crippen molar-refractivity contribution in [2.45, 2.75) is 39.9 Å². The third-order valence-electron chi connectivity index (χ3n) is 3.80. The SMILES string of the molecule is CC(C)OP(=O)(OC(C)C)c1cc2ccccc2cc1-c1ccccn1. The molecule has 0 saturated carbocycles. The number of rotatable bonds is 6. The molecular formula is C21H24NO3P. The number of aromatic nitrogens is 1. The molecule has 5 heteroatoms. The Morgan fingerprint density at radius 1 is 0.846 bits per heavy atom. The molecular weight excluding hydrogens is 345 g/mol. The van der Waals surface area contributed by atoms with Crippen molar-refractivity contribution in [3.05, 3.63) is 60.8 Å². The highest BCUT2D eigenvalue weighted by atomic mass is 31.2. The minimum absolute atomic E-state index is 0.234. The van der Waals surface area contributed by atoms with Gasteiger partial charge in [-0.2, -0.15) is 0 Å². The molecule has 0 N–H and O–H groups in total.